The first-order valence-corrected chi connectivity index (χ1v) is 18.4. The van der Waals surface area contributed by atoms with Crippen molar-refractivity contribution < 1.29 is 15.2 Å². The Labute approximate surface area is 186 Å². The normalized spacial score (nSPS) is 12.5. The van der Waals surface area contributed by atoms with Crippen molar-refractivity contribution in [1.29, 1.82) is 0 Å². The van der Waals surface area contributed by atoms with Gasteiger partial charge in [-0.2, -0.15) is 0 Å². The van der Waals surface area contributed by atoms with Crippen molar-refractivity contribution in [1.82, 2.24) is 0 Å². The van der Waals surface area contributed by atoms with E-state index in [1.165, 1.54) is 6.92 Å². The second-order valence-corrected chi connectivity index (χ2v) is 22.8. The van der Waals surface area contributed by atoms with Crippen molar-refractivity contribution in [2.45, 2.75) is 41.0 Å². The van der Waals surface area contributed by atoms with E-state index in [0.29, 0.717) is 0 Å². The van der Waals surface area contributed by atoms with Gasteiger partial charge in [-0.05, 0) is 0 Å². The van der Waals surface area contributed by atoms with Crippen LogP contribution in [0.1, 0.15) is 37.0 Å². The maximum absolute atomic E-state index is 13.0. The van der Waals surface area contributed by atoms with E-state index in [0.717, 1.165) is 26.5 Å². The Hall–Kier alpha value is -2.52. The van der Waals surface area contributed by atoms with E-state index >= 15 is 0 Å². The number of carbonyl (C=O) groups excluding carboxylic acids is 2. The first kappa shape index (κ1) is 23.2. The van der Waals surface area contributed by atoms with E-state index in [9.17, 15) is 9.59 Å². The molecule has 3 aromatic rings. The van der Waals surface area contributed by atoms with E-state index in [2.05, 4.69) is 0 Å². The van der Waals surface area contributed by atoms with Gasteiger partial charge >= 0.3 is 187 Å². The quantitative estimate of drug-likeness (QED) is 0.399. The van der Waals surface area contributed by atoms with Gasteiger partial charge in [-0.15, -0.1) is 0 Å². The molecule has 0 saturated carbocycles. The monoisotopic (exact) mass is 614 g/mol. The summed E-state index contributed by atoms with van der Waals surface area (Å²) in [7, 11) is 0. The molecule has 0 spiro atoms. The number of hydrogen-bond donors (Lipinski definition) is 0. The third kappa shape index (κ3) is 4.16. The van der Waals surface area contributed by atoms with E-state index in [4.69, 9.17) is 5.63 Å². The van der Waals surface area contributed by atoms with Crippen LogP contribution in [0.5, 0.6) is 0 Å². The molecular weight excluding hydrogens is 585 g/mol. The molecule has 162 valence electrons. The molecule has 4 nitrogen and oxygen atoms in total. The summed E-state index contributed by atoms with van der Waals surface area (Å²) in [4.78, 5) is 25.7. The average Bonchev–Trinajstić information content (AvgIpc) is 2.74. The Kier molecular flexibility index (Phi) is 6.66. The molecule has 3 rings (SSSR count). The summed E-state index contributed by atoms with van der Waals surface area (Å²) >= 11 is -5.75. The van der Waals surface area contributed by atoms with Crippen LogP contribution in [-0.4, -0.2) is 31.6 Å². The molecule has 0 saturated heterocycles. The first-order chi connectivity index (χ1) is 14.7. The van der Waals surface area contributed by atoms with Gasteiger partial charge in [0.05, 0.1) is 0 Å². The van der Waals surface area contributed by atoms with Crippen molar-refractivity contribution in [2.24, 2.45) is 0 Å². The minimum atomic E-state index is -5.75. The molecule has 0 atom stereocenters. The molecule has 3 aromatic carbocycles. The Balaban J connectivity index is 2.56. The fraction of sp³-hybridized carbons (Fsp3) is 0.231. The molecule has 0 fully saturated rings. The summed E-state index contributed by atoms with van der Waals surface area (Å²) < 4.78 is 15.2. The van der Waals surface area contributed by atoms with Crippen molar-refractivity contribution in [3.63, 3.8) is 0 Å². The van der Waals surface area contributed by atoms with Crippen molar-refractivity contribution in [3.05, 3.63) is 89.5 Å². The Morgan fingerprint density at radius 3 is 1.23 bits per heavy atom. The number of aryl methyl sites for hydroxylation is 3. The van der Waals surface area contributed by atoms with Crippen LogP contribution in [0.15, 0.2) is 72.8 Å². The zero-order valence-electron chi connectivity index (χ0n) is 18.7. The fourth-order valence-electron chi connectivity index (χ4n) is 3.73. The van der Waals surface area contributed by atoms with Crippen LogP contribution in [0, 0.1) is 20.8 Å². The van der Waals surface area contributed by atoms with E-state index in [-0.39, 0.29) is 6.42 Å². The number of hydrogen-bond acceptors (Lipinski definition) is 4. The molecule has 0 unspecified atom stereocenters. The number of rotatable bonds is 6. The molecule has 0 heterocycles. The van der Waals surface area contributed by atoms with Gasteiger partial charge in [0.15, 0.2) is 0 Å². The molecule has 0 N–H and O–H groups in total. The van der Waals surface area contributed by atoms with Crippen LogP contribution < -0.4 is 9.81 Å². The second-order valence-electron chi connectivity index (χ2n) is 7.86. The van der Waals surface area contributed by atoms with E-state index in [1.54, 1.807) is 6.92 Å². The molecule has 5 heteroatoms. The summed E-state index contributed by atoms with van der Waals surface area (Å²) in [5, 5.41) is 0. The molecule has 0 amide bonds. The summed E-state index contributed by atoms with van der Waals surface area (Å²) in [6.07, 6.45) is 0.176. The summed E-state index contributed by atoms with van der Waals surface area (Å²) in [6.45, 7) is 9.12. The zero-order chi connectivity index (χ0) is 22.7. The molecule has 0 bridgehead atoms. The second kappa shape index (κ2) is 8.92. The van der Waals surface area contributed by atoms with Gasteiger partial charge in [-0.1, -0.05) is 0 Å². The summed E-state index contributed by atoms with van der Waals surface area (Å²) in [6, 6.07) is 23.4. The van der Waals surface area contributed by atoms with Crippen molar-refractivity contribution in [2.75, 3.05) is 0 Å². The van der Waals surface area contributed by atoms with Gasteiger partial charge < -0.3 is 0 Å². The van der Waals surface area contributed by atoms with Gasteiger partial charge in [0.2, 0.25) is 0 Å². The molecule has 0 aliphatic carbocycles. The SMILES string of the molecule is CCC(=O)[O][Bi]([O]C(C)=O)([c]1ccc(C)cc1)([c]1ccc(C)cc1)[c]1ccc(C)cc1. The number of benzene rings is 3. The van der Waals surface area contributed by atoms with Gasteiger partial charge in [0, 0.05) is 0 Å². The molecule has 0 radical (unpaired) electrons. The topological polar surface area (TPSA) is 52.6 Å². The summed E-state index contributed by atoms with van der Waals surface area (Å²) in [5.41, 5.74) is 3.20. The average molecular weight is 614 g/mol. The Morgan fingerprint density at radius 2 is 0.968 bits per heavy atom. The first-order valence-electron chi connectivity index (χ1n) is 10.4. The van der Waals surface area contributed by atoms with Gasteiger partial charge in [-0.3, -0.25) is 0 Å². The van der Waals surface area contributed by atoms with Crippen LogP contribution in [0.4, 0.5) is 0 Å². The minimum absolute atomic E-state index is 0.176. The predicted octanol–water partition coefficient (Wildman–Crippen LogP) is 3.55. The molecule has 0 aliphatic heterocycles. The van der Waals surface area contributed by atoms with Crippen molar-refractivity contribution in [3.8, 4) is 0 Å². The van der Waals surface area contributed by atoms with E-state index < -0.39 is 31.6 Å². The van der Waals surface area contributed by atoms with Crippen LogP contribution >= 0.6 is 0 Å². The molecule has 31 heavy (non-hydrogen) atoms. The van der Waals surface area contributed by atoms with E-state index in [1.807, 2.05) is 93.6 Å². The zero-order valence-corrected chi connectivity index (χ0v) is 22.2. The molecule has 0 aliphatic rings. The van der Waals surface area contributed by atoms with Crippen LogP contribution in [0.2, 0.25) is 0 Å². The number of carbonyl (C=O) groups is 2. The van der Waals surface area contributed by atoms with Crippen LogP contribution in [-0.2, 0) is 15.2 Å². The van der Waals surface area contributed by atoms with Gasteiger partial charge in [0.25, 0.3) is 0 Å². The van der Waals surface area contributed by atoms with Crippen LogP contribution in [0.25, 0.3) is 0 Å². The molecular formula is C26H29BiO4. The maximum atomic E-state index is 13.0. The van der Waals surface area contributed by atoms with Gasteiger partial charge in [0.1, 0.15) is 0 Å². The fourth-order valence-corrected chi connectivity index (χ4v) is 21.8. The molecule has 0 aromatic heterocycles. The standard InChI is InChI=1S/3C7H7.C3H6O2.C2H4O2.Bi/c3*1-7-5-3-2-4-6-7;1-2-3(4)5;1-2(3)4;/h3*3-6H,1H3;2H2,1H3,(H,4,5);1H3,(H,3,4);/q;;;;;+2/p-2. The third-order valence-electron chi connectivity index (χ3n) is 5.38. The summed E-state index contributed by atoms with van der Waals surface area (Å²) in [5.74, 6) is -0.867. The third-order valence-corrected chi connectivity index (χ3v) is 24.3. The Morgan fingerprint density at radius 1 is 0.645 bits per heavy atom. The Bertz CT molecular complexity index is 970. The van der Waals surface area contributed by atoms with Crippen LogP contribution in [0.3, 0.4) is 0 Å². The van der Waals surface area contributed by atoms with Gasteiger partial charge in [-0.25, -0.2) is 0 Å². The predicted molar refractivity (Wildman–Crippen MR) is 126 cm³/mol. The van der Waals surface area contributed by atoms with Crippen molar-refractivity contribution >= 4 is 41.4 Å².